The fourth-order valence-corrected chi connectivity index (χ4v) is 3.06. The molecule has 104 valence electrons. The van der Waals surface area contributed by atoms with Gasteiger partial charge in [-0.2, -0.15) is 0 Å². The van der Waals surface area contributed by atoms with Gasteiger partial charge in [0.25, 0.3) is 0 Å². The number of halogens is 1. The van der Waals surface area contributed by atoms with Gasteiger partial charge in [-0.25, -0.2) is 0 Å². The first-order valence-electron chi connectivity index (χ1n) is 6.15. The van der Waals surface area contributed by atoms with Crippen LogP contribution in [0.15, 0.2) is 24.8 Å². The number of nitrogens with one attached hydrogen (secondary N) is 1. The van der Waals surface area contributed by atoms with Crippen LogP contribution in [-0.2, 0) is 16.1 Å². The lowest BCUT2D eigenvalue weighted by atomic mass is 10.2. The van der Waals surface area contributed by atoms with Gasteiger partial charge in [-0.3, -0.25) is 4.79 Å². The van der Waals surface area contributed by atoms with Crippen molar-refractivity contribution in [2.75, 3.05) is 26.3 Å². The zero-order chi connectivity index (χ0) is 13.7. The summed E-state index contributed by atoms with van der Waals surface area (Å²) in [6.45, 7) is 6.58. The molecule has 0 bridgehead atoms. The van der Waals surface area contributed by atoms with E-state index in [1.807, 2.05) is 12.1 Å². The standard InChI is InChI=1S/C13H17ClN2O2S/c1-2-6-16(8-10-3-4-12(14)19-10)13(17)11-9-18-7-5-15-11/h2-4,11,15H,1,5-9H2. The molecule has 1 atom stereocenters. The molecule has 1 aliphatic rings. The zero-order valence-electron chi connectivity index (χ0n) is 10.6. The Kier molecular flexibility index (Phi) is 5.39. The van der Waals surface area contributed by atoms with Crippen LogP contribution in [0.3, 0.4) is 0 Å². The first kappa shape index (κ1) is 14.5. The molecule has 0 aromatic carbocycles. The number of hydrogen-bond acceptors (Lipinski definition) is 4. The summed E-state index contributed by atoms with van der Waals surface area (Å²) < 4.78 is 6.07. The molecule has 0 spiro atoms. The molecule has 1 saturated heterocycles. The maximum Gasteiger partial charge on any atom is 0.242 e. The lowest BCUT2D eigenvalue weighted by molar-refractivity contribution is -0.136. The number of carbonyl (C=O) groups excluding carboxylic acids is 1. The van der Waals surface area contributed by atoms with Crippen LogP contribution < -0.4 is 5.32 Å². The number of morpholine rings is 1. The van der Waals surface area contributed by atoms with Crippen molar-refractivity contribution < 1.29 is 9.53 Å². The van der Waals surface area contributed by atoms with Crippen LogP contribution in [0.5, 0.6) is 0 Å². The van der Waals surface area contributed by atoms with Gasteiger partial charge in [0.1, 0.15) is 6.04 Å². The minimum atomic E-state index is -0.260. The van der Waals surface area contributed by atoms with Crippen LogP contribution in [0.2, 0.25) is 4.34 Å². The predicted octanol–water partition coefficient (Wildman–Crippen LogP) is 1.90. The Labute approximate surface area is 122 Å². The van der Waals surface area contributed by atoms with Crippen LogP contribution in [0.4, 0.5) is 0 Å². The minimum absolute atomic E-state index is 0.0455. The first-order valence-corrected chi connectivity index (χ1v) is 7.35. The average molecular weight is 301 g/mol. The second-order valence-corrected chi connectivity index (χ2v) is 6.09. The zero-order valence-corrected chi connectivity index (χ0v) is 12.2. The molecule has 1 aliphatic heterocycles. The van der Waals surface area contributed by atoms with Crippen molar-refractivity contribution >= 4 is 28.8 Å². The number of rotatable bonds is 5. The monoisotopic (exact) mass is 300 g/mol. The van der Waals surface area contributed by atoms with Crippen molar-refractivity contribution in [3.63, 3.8) is 0 Å². The van der Waals surface area contributed by atoms with E-state index in [1.165, 1.54) is 11.3 Å². The molecule has 1 aromatic heterocycles. The highest BCUT2D eigenvalue weighted by atomic mass is 35.5. The third kappa shape index (κ3) is 4.04. The van der Waals surface area contributed by atoms with Crippen molar-refractivity contribution in [2.45, 2.75) is 12.6 Å². The van der Waals surface area contributed by atoms with Gasteiger partial charge < -0.3 is 15.0 Å². The van der Waals surface area contributed by atoms with Gasteiger partial charge >= 0.3 is 0 Å². The maximum atomic E-state index is 12.4. The molecule has 2 heterocycles. The van der Waals surface area contributed by atoms with Crippen LogP contribution in [0, 0.1) is 0 Å². The van der Waals surface area contributed by atoms with Crippen LogP contribution in [0.25, 0.3) is 0 Å². The summed E-state index contributed by atoms with van der Waals surface area (Å²) in [7, 11) is 0. The van der Waals surface area contributed by atoms with E-state index < -0.39 is 0 Å². The van der Waals surface area contributed by atoms with Crippen molar-refractivity contribution in [3.8, 4) is 0 Å². The lowest BCUT2D eigenvalue weighted by Gasteiger charge is -2.29. The normalized spacial score (nSPS) is 19.1. The predicted molar refractivity (Wildman–Crippen MR) is 77.6 cm³/mol. The number of nitrogens with zero attached hydrogens (tertiary/aromatic N) is 1. The number of amides is 1. The summed E-state index contributed by atoms with van der Waals surface area (Å²) in [5.74, 6) is 0.0455. The molecule has 4 nitrogen and oxygen atoms in total. The lowest BCUT2D eigenvalue weighted by Crippen LogP contribution is -2.52. The molecule has 1 aromatic rings. The summed E-state index contributed by atoms with van der Waals surface area (Å²) in [5.41, 5.74) is 0. The fourth-order valence-electron chi connectivity index (χ4n) is 1.96. The molecular weight excluding hydrogens is 284 g/mol. The summed E-state index contributed by atoms with van der Waals surface area (Å²) >= 11 is 7.40. The van der Waals surface area contributed by atoms with Gasteiger partial charge in [0.05, 0.1) is 24.1 Å². The summed E-state index contributed by atoms with van der Waals surface area (Å²) in [6, 6.07) is 3.53. The van der Waals surface area contributed by atoms with Crippen molar-refractivity contribution in [2.24, 2.45) is 0 Å². The third-order valence-electron chi connectivity index (χ3n) is 2.86. The molecule has 0 aliphatic carbocycles. The second-order valence-electron chi connectivity index (χ2n) is 4.29. The van der Waals surface area contributed by atoms with E-state index in [9.17, 15) is 4.79 Å². The second kappa shape index (κ2) is 7.05. The van der Waals surface area contributed by atoms with Crippen molar-refractivity contribution in [1.82, 2.24) is 10.2 Å². The Morgan fingerprint density at radius 2 is 2.53 bits per heavy atom. The van der Waals surface area contributed by atoms with Gasteiger partial charge in [0, 0.05) is 18.0 Å². The van der Waals surface area contributed by atoms with Crippen molar-refractivity contribution in [1.29, 1.82) is 0 Å². The van der Waals surface area contributed by atoms with Crippen molar-refractivity contribution in [3.05, 3.63) is 34.0 Å². The van der Waals surface area contributed by atoms with E-state index in [1.54, 1.807) is 11.0 Å². The molecular formula is C13H17ClN2O2S. The Morgan fingerprint density at radius 1 is 1.68 bits per heavy atom. The SMILES string of the molecule is C=CCN(Cc1ccc(Cl)s1)C(=O)C1COCCN1. The van der Waals surface area contributed by atoms with E-state index in [2.05, 4.69) is 11.9 Å². The molecule has 1 unspecified atom stereocenters. The average Bonchev–Trinajstić information content (AvgIpc) is 2.84. The topological polar surface area (TPSA) is 41.6 Å². The largest absolute Gasteiger partial charge is 0.378 e. The fraction of sp³-hybridized carbons (Fsp3) is 0.462. The van der Waals surface area contributed by atoms with Gasteiger partial charge in [-0.1, -0.05) is 17.7 Å². The van der Waals surface area contributed by atoms with Gasteiger partial charge in [-0.15, -0.1) is 17.9 Å². The number of ether oxygens (including phenoxy) is 1. The van der Waals surface area contributed by atoms with E-state index in [0.717, 1.165) is 9.21 Å². The highest BCUT2D eigenvalue weighted by Crippen LogP contribution is 2.23. The first-order chi connectivity index (χ1) is 9.20. The molecule has 6 heteroatoms. The van der Waals surface area contributed by atoms with E-state index in [4.69, 9.17) is 16.3 Å². The number of hydrogen-bond donors (Lipinski definition) is 1. The quantitative estimate of drug-likeness (QED) is 0.845. The molecule has 0 radical (unpaired) electrons. The minimum Gasteiger partial charge on any atom is -0.378 e. The van der Waals surface area contributed by atoms with Crippen LogP contribution in [0.1, 0.15) is 4.88 Å². The molecule has 1 amide bonds. The Balaban J connectivity index is 2.01. The highest BCUT2D eigenvalue weighted by molar-refractivity contribution is 7.16. The third-order valence-corrected chi connectivity index (χ3v) is 4.07. The molecule has 1 N–H and O–H groups in total. The maximum absolute atomic E-state index is 12.4. The Bertz CT molecular complexity index is 444. The Hall–Kier alpha value is -0.880. The van der Waals surface area contributed by atoms with Crippen LogP contribution >= 0.6 is 22.9 Å². The molecule has 0 saturated carbocycles. The highest BCUT2D eigenvalue weighted by Gasteiger charge is 2.26. The molecule has 2 rings (SSSR count). The van der Waals surface area contributed by atoms with Crippen LogP contribution in [-0.4, -0.2) is 43.2 Å². The van der Waals surface area contributed by atoms with E-state index in [0.29, 0.717) is 32.8 Å². The molecule has 1 fully saturated rings. The number of carbonyl (C=O) groups is 1. The van der Waals surface area contributed by atoms with E-state index >= 15 is 0 Å². The van der Waals surface area contributed by atoms with Gasteiger partial charge in [-0.05, 0) is 12.1 Å². The Morgan fingerprint density at radius 3 is 3.11 bits per heavy atom. The molecule has 19 heavy (non-hydrogen) atoms. The smallest absolute Gasteiger partial charge is 0.242 e. The number of thiophene rings is 1. The van der Waals surface area contributed by atoms with Gasteiger partial charge in [0.2, 0.25) is 5.91 Å². The summed E-state index contributed by atoms with van der Waals surface area (Å²) in [6.07, 6.45) is 1.73. The van der Waals surface area contributed by atoms with E-state index in [-0.39, 0.29) is 11.9 Å². The summed E-state index contributed by atoms with van der Waals surface area (Å²) in [4.78, 5) is 15.2. The summed E-state index contributed by atoms with van der Waals surface area (Å²) in [5, 5.41) is 3.18. The van der Waals surface area contributed by atoms with Gasteiger partial charge in [0.15, 0.2) is 0 Å².